The maximum Gasteiger partial charge on any atom is 0.0142 e. The highest BCUT2D eigenvalue weighted by Gasteiger charge is 2.30. The van der Waals surface area contributed by atoms with E-state index in [2.05, 4.69) is 38.3 Å². The van der Waals surface area contributed by atoms with Crippen molar-refractivity contribution in [3.63, 3.8) is 0 Å². The monoisotopic (exact) mass is 170 g/mol. The van der Waals surface area contributed by atoms with Gasteiger partial charge in [-0.3, -0.25) is 0 Å². The zero-order valence-electron chi connectivity index (χ0n) is 8.78. The molecule has 0 aromatic carbocycles. The molecule has 2 nitrogen and oxygen atoms in total. The number of rotatable bonds is 2. The number of hydrogen-bond donors (Lipinski definition) is 2. The molecule has 2 unspecified atom stereocenters. The van der Waals surface area contributed by atoms with Gasteiger partial charge in [0.2, 0.25) is 0 Å². The molecule has 0 aromatic rings. The van der Waals surface area contributed by atoms with Gasteiger partial charge >= 0.3 is 0 Å². The standard InChI is InChI=1S/C10H22N2/c1-5-11-9-6-8(2)12-10(3,4)7-9/h8-9,11-12H,5-7H2,1-4H3. The van der Waals surface area contributed by atoms with E-state index in [-0.39, 0.29) is 0 Å². The lowest BCUT2D eigenvalue weighted by atomic mass is 9.86. The van der Waals surface area contributed by atoms with Crippen molar-refractivity contribution in [3.05, 3.63) is 0 Å². The molecule has 0 aromatic heterocycles. The summed E-state index contributed by atoms with van der Waals surface area (Å²) < 4.78 is 0. The van der Waals surface area contributed by atoms with E-state index >= 15 is 0 Å². The number of hydrogen-bond acceptors (Lipinski definition) is 2. The molecule has 72 valence electrons. The fourth-order valence-corrected chi connectivity index (χ4v) is 2.36. The Morgan fingerprint density at radius 2 is 2.17 bits per heavy atom. The van der Waals surface area contributed by atoms with E-state index in [9.17, 15) is 0 Å². The first kappa shape index (κ1) is 10.0. The number of piperidine rings is 1. The van der Waals surface area contributed by atoms with Gasteiger partial charge in [0.15, 0.2) is 0 Å². The highest BCUT2D eigenvalue weighted by atomic mass is 15.0. The van der Waals surface area contributed by atoms with Gasteiger partial charge in [-0.15, -0.1) is 0 Å². The second kappa shape index (κ2) is 3.75. The van der Waals surface area contributed by atoms with Gasteiger partial charge in [0.05, 0.1) is 0 Å². The first-order valence-electron chi connectivity index (χ1n) is 5.04. The molecule has 12 heavy (non-hydrogen) atoms. The minimum absolute atomic E-state index is 0.310. The van der Waals surface area contributed by atoms with Gasteiger partial charge in [-0.1, -0.05) is 6.92 Å². The molecule has 1 aliphatic rings. The molecule has 2 heteroatoms. The molecule has 1 heterocycles. The van der Waals surface area contributed by atoms with Gasteiger partial charge in [0.1, 0.15) is 0 Å². The van der Waals surface area contributed by atoms with Crippen molar-refractivity contribution in [2.45, 2.75) is 58.2 Å². The lowest BCUT2D eigenvalue weighted by molar-refractivity contribution is 0.208. The van der Waals surface area contributed by atoms with Crippen molar-refractivity contribution in [1.29, 1.82) is 0 Å². The Morgan fingerprint density at radius 3 is 2.67 bits per heavy atom. The van der Waals surface area contributed by atoms with Crippen LogP contribution in [0.2, 0.25) is 0 Å². The van der Waals surface area contributed by atoms with E-state index in [1.807, 2.05) is 0 Å². The van der Waals surface area contributed by atoms with Crippen LogP contribution in [0.5, 0.6) is 0 Å². The lowest BCUT2D eigenvalue weighted by Gasteiger charge is -2.40. The van der Waals surface area contributed by atoms with E-state index in [0.29, 0.717) is 17.6 Å². The highest BCUT2D eigenvalue weighted by Crippen LogP contribution is 2.21. The molecule has 0 amide bonds. The first-order chi connectivity index (χ1) is 5.53. The van der Waals surface area contributed by atoms with Crippen LogP contribution >= 0.6 is 0 Å². The fraction of sp³-hybridized carbons (Fsp3) is 1.00. The van der Waals surface area contributed by atoms with Crippen LogP contribution in [0.3, 0.4) is 0 Å². The summed E-state index contributed by atoms with van der Waals surface area (Å²) in [6.07, 6.45) is 2.50. The summed E-state index contributed by atoms with van der Waals surface area (Å²) in [5, 5.41) is 7.13. The molecule has 1 aliphatic heterocycles. The number of nitrogens with one attached hydrogen (secondary N) is 2. The Balaban J connectivity index is 2.46. The summed E-state index contributed by atoms with van der Waals surface area (Å²) in [6.45, 7) is 10.1. The zero-order valence-corrected chi connectivity index (χ0v) is 8.78. The maximum atomic E-state index is 3.60. The fourth-order valence-electron chi connectivity index (χ4n) is 2.36. The molecule has 1 rings (SSSR count). The predicted molar refractivity (Wildman–Crippen MR) is 53.4 cm³/mol. The highest BCUT2D eigenvalue weighted by molar-refractivity contribution is 4.92. The summed E-state index contributed by atoms with van der Waals surface area (Å²) in [5.74, 6) is 0. The quantitative estimate of drug-likeness (QED) is 0.656. The van der Waals surface area contributed by atoms with Gasteiger partial charge < -0.3 is 10.6 Å². The van der Waals surface area contributed by atoms with Crippen LogP contribution in [0, 0.1) is 0 Å². The summed E-state index contributed by atoms with van der Waals surface area (Å²) in [6, 6.07) is 1.36. The maximum absolute atomic E-state index is 3.60. The van der Waals surface area contributed by atoms with E-state index in [4.69, 9.17) is 0 Å². The predicted octanol–water partition coefficient (Wildman–Crippen LogP) is 1.51. The molecule has 2 atom stereocenters. The third-order valence-corrected chi connectivity index (χ3v) is 2.52. The molecule has 0 aliphatic carbocycles. The largest absolute Gasteiger partial charge is 0.314 e. The summed E-state index contributed by atoms with van der Waals surface area (Å²) in [7, 11) is 0. The van der Waals surface area contributed by atoms with Crippen LogP contribution < -0.4 is 10.6 Å². The van der Waals surface area contributed by atoms with Crippen molar-refractivity contribution < 1.29 is 0 Å². The van der Waals surface area contributed by atoms with E-state index in [1.54, 1.807) is 0 Å². The second-order valence-corrected chi connectivity index (χ2v) is 4.62. The molecule has 0 spiro atoms. The molecular weight excluding hydrogens is 148 g/mol. The van der Waals surface area contributed by atoms with Gasteiger partial charge in [0.25, 0.3) is 0 Å². The minimum atomic E-state index is 0.310. The van der Waals surface area contributed by atoms with Gasteiger partial charge in [0, 0.05) is 17.6 Å². The third-order valence-electron chi connectivity index (χ3n) is 2.52. The van der Waals surface area contributed by atoms with Crippen molar-refractivity contribution in [1.82, 2.24) is 10.6 Å². The molecule has 0 bridgehead atoms. The lowest BCUT2D eigenvalue weighted by Crippen LogP contribution is -2.55. The zero-order chi connectivity index (χ0) is 9.19. The van der Waals surface area contributed by atoms with Crippen molar-refractivity contribution in [2.24, 2.45) is 0 Å². The summed E-state index contributed by atoms with van der Waals surface area (Å²) >= 11 is 0. The molecule has 0 saturated carbocycles. The molecular formula is C10H22N2. The SMILES string of the molecule is CCNC1CC(C)NC(C)(C)C1. The van der Waals surface area contributed by atoms with Crippen molar-refractivity contribution >= 4 is 0 Å². The van der Waals surface area contributed by atoms with E-state index < -0.39 is 0 Å². The Hall–Kier alpha value is -0.0800. The van der Waals surface area contributed by atoms with Crippen molar-refractivity contribution in [2.75, 3.05) is 6.54 Å². The Labute approximate surface area is 76.1 Å². The van der Waals surface area contributed by atoms with Crippen molar-refractivity contribution in [3.8, 4) is 0 Å². The second-order valence-electron chi connectivity index (χ2n) is 4.62. The van der Waals surface area contributed by atoms with Crippen LogP contribution in [-0.2, 0) is 0 Å². The van der Waals surface area contributed by atoms with Crippen LogP contribution in [0.25, 0.3) is 0 Å². The van der Waals surface area contributed by atoms with Crippen LogP contribution in [0.15, 0.2) is 0 Å². The average Bonchev–Trinajstić information content (AvgIpc) is 1.82. The third kappa shape index (κ3) is 2.76. The minimum Gasteiger partial charge on any atom is -0.314 e. The van der Waals surface area contributed by atoms with E-state index in [0.717, 1.165) is 6.54 Å². The van der Waals surface area contributed by atoms with Gasteiger partial charge in [-0.25, -0.2) is 0 Å². The van der Waals surface area contributed by atoms with E-state index in [1.165, 1.54) is 12.8 Å². The topological polar surface area (TPSA) is 24.1 Å². The smallest absolute Gasteiger partial charge is 0.0142 e. The molecule has 0 radical (unpaired) electrons. The molecule has 1 saturated heterocycles. The van der Waals surface area contributed by atoms with Gasteiger partial charge in [-0.2, -0.15) is 0 Å². The summed E-state index contributed by atoms with van der Waals surface area (Å²) in [5.41, 5.74) is 0.310. The molecule has 1 fully saturated rings. The first-order valence-corrected chi connectivity index (χ1v) is 5.04. The molecule has 2 N–H and O–H groups in total. The van der Waals surface area contributed by atoms with Crippen LogP contribution in [-0.4, -0.2) is 24.2 Å². The van der Waals surface area contributed by atoms with Crippen LogP contribution in [0.4, 0.5) is 0 Å². The normalized spacial score (nSPS) is 35.0. The Morgan fingerprint density at radius 1 is 1.50 bits per heavy atom. The van der Waals surface area contributed by atoms with Crippen LogP contribution in [0.1, 0.15) is 40.5 Å². The Kier molecular flexibility index (Phi) is 3.13. The van der Waals surface area contributed by atoms with Gasteiger partial charge in [-0.05, 0) is 40.2 Å². The Bertz CT molecular complexity index is 143. The summed E-state index contributed by atoms with van der Waals surface area (Å²) in [4.78, 5) is 0. The average molecular weight is 170 g/mol.